The second-order valence-electron chi connectivity index (χ2n) is 5.26. The maximum absolute atomic E-state index is 11.5. The fourth-order valence-corrected chi connectivity index (χ4v) is 1.23. The highest BCUT2D eigenvalue weighted by atomic mass is 16.2. The third-order valence-corrected chi connectivity index (χ3v) is 2.56. The van der Waals surface area contributed by atoms with Crippen LogP contribution < -0.4 is 5.32 Å². The molecule has 0 spiro atoms. The largest absolute Gasteiger partial charge is 0.355 e. The lowest BCUT2D eigenvalue weighted by molar-refractivity contribution is -0.124. The Balaban J connectivity index is 2.27. The molecule has 1 rings (SSSR count). The number of rotatable bonds is 3. The average molecular weight is 194 g/mol. The fraction of sp³-hybridized carbons (Fsp3) is 0.818. The van der Waals surface area contributed by atoms with Crippen LogP contribution in [0.3, 0.4) is 0 Å². The molecule has 3 heteroatoms. The molecule has 0 aromatic rings. The van der Waals surface area contributed by atoms with Gasteiger partial charge in [-0.05, 0) is 24.7 Å². The summed E-state index contributed by atoms with van der Waals surface area (Å²) in [4.78, 5) is 11.5. The van der Waals surface area contributed by atoms with Gasteiger partial charge in [0, 0.05) is 6.54 Å². The molecule has 0 bridgehead atoms. The molecule has 0 saturated heterocycles. The molecule has 0 aromatic heterocycles. The minimum absolute atomic E-state index is 0.0794. The van der Waals surface area contributed by atoms with Gasteiger partial charge in [0.2, 0.25) is 5.91 Å². The van der Waals surface area contributed by atoms with E-state index in [-0.39, 0.29) is 11.3 Å². The van der Waals surface area contributed by atoms with Crippen LogP contribution in [0.25, 0.3) is 0 Å². The zero-order valence-corrected chi connectivity index (χ0v) is 9.18. The Bertz CT molecular complexity index is 266. The number of amides is 1. The number of nitrogens with zero attached hydrogens (tertiary/aromatic N) is 1. The van der Waals surface area contributed by atoms with Crippen LogP contribution in [-0.2, 0) is 4.79 Å². The van der Waals surface area contributed by atoms with Gasteiger partial charge < -0.3 is 5.32 Å². The molecule has 3 nitrogen and oxygen atoms in total. The van der Waals surface area contributed by atoms with Gasteiger partial charge in [0.25, 0.3) is 0 Å². The van der Waals surface area contributed by atoms with E-state index in [2.05, 4.69) is 32.2 Å². The number of hydrogen-bond donors (Lipinski definition) is 1. The molecule has 1 fully saturated rings. The summed E-state index contributed by atoms with van der Waals surface area (Å²) in [5, 5.41) is 11.6. The van der Waals surface area contributed by atoms with Crippen molar-refractivity contribution in [3.05, 3.63) is 0 Å². The molecule has 1 aliphatic rings. The number of nitriles is 1. The molecule has 0 atom stereocenters. The van der Waals surface area contributed by atoms with Gasteiger partial charge in [-0.15, -0.1) is 0 Å². The summed E-state index contributed by atoms with van der Waals surface area (Å²) in [5.41, 5.74) is -0.436. The zero-order chi connectivity index (χ0) is 10.8. The summed E-state index contributed by atoms with van der Waals surface area (Å²) in [6.07, 6.45) is 2.40. The van der Waals surface area contributed by atoms with Crippen LogP contribution in [0.2, 0.25) is 0 Å². The maximum atomic E-state index is 11.5. The quantitative estimate of drug-likeness (QED) is 0.745. The van der Waals surface area contributed by atoms with Crippen molar-refractivity contribution >= 4 is 5.91 Å². The Morgan fingerprint density at radius 2 is 2.07 bits per heavy atom. The molecule has 1 aliphatic carbocycles. The monoisotopic (exact) mass is 194 g/mol. The Kier molecular flexibility index (Phi) is 2.84. The highest BCUT2D eigenvalue weighted by Gasteiger charge is 2.50. The lowest BCUT2D eigenvalue weighted by Crippen LogP contribution is -2.33. The zero-order valence-electron chi connectivity index (χ0n) is 9.18. The first-order chi connectivity index (χ1) is 6.40. The summed E-state index contributed by atoms with van der Waals surface area (Å²) >= 11 is 0. The van der Waals surface area contributed by atoms with E-state index in [1.807, 2.05) is 0 Å². The first kappa shape index (κ1) is 11.0. The molecule has 0 heterocycles. The van der Waals surface area contributed by atoms with Crippen molar-refractivity contribution in [3.8, 4) is 6.07 Å². The number of hydrogen-bond acceptors (Lipinski definition) is 2. The van der Waals surface area contributed by atoms with Gasteiger partial charge in [0.15, 0.2) is 0 Å². The third-order valence-electron chi connectivity index (χ3n) is 2.56. The van der Waals surface area contributed by atoms with Crippen LogP contribution in [0.4, 0.5) is 0 Å². The molecular weight excluding hydrogens is 176 g/mol. The van der Waals surface area contributed by atoms with Crippen molar-refractivity contribution in [1.29, 1.82) is 5.26 Å². The smallest absolute Gasteiger partial charge is 0.240 e. The average Bonchev–Trinajstić information content (AvgIpc) is 2.81. The summed E-state index contributed by atoms with van der Waals surface area (Å²) in [6.45, 7) is 7.08. The first-order valence-electron chi connectivity index (χ1n) is 5.09. The van der Waals surface area contributed by atoms with Crippen LogP contribution in [-0.4, -0.2) is 12.5 Å². The predicted molar refractivity (Wildman–Crippen MR) is 54.4 cm³/mol. The SMILES string of the molecule is CC(C)(C)CCNC(=O)C1(C#N)CC1. The Labute approximate surface area is 85.5 Å². The molecule has 14 heavy (non-hydrogen) atoms. The fourth-order valence-electron chi connectivity index (χ4n) is 1.23. The normalized spacial score (nSPS) is 18.4. The molecule has 1 saturated carbocycles. The van der Waals surface area contributed by atoms with E-state index in [9.17, 15) is 4.79 Å². The second-order valence-corrected chi connectivity index (χ2v) is 5.26. The molecule has 0 unspecified atom stereocenters. The van der Waals surface area contributed by atoms with E-state index in [0.29, 0.717) is 6.54 Å². The van der Waals surface area contributed by atoms with Gasteiger partial charge in [0.05, 0.1) is 6.07 Å². The first-order valence-corrected chi connectivity index (χ1v) is 5.09. The van der Waals surface area contributed by atoms with Gasteiger partial charge in [-0.25, -0.2) is 0 Å². The molecule has 0 aromatic carbocycles. The van der Waals surface area contributed by atoms with Crippen molar-refractivity contribution in [1.82, 2.24) is 5.32 Å². The molecule has 1 N–H and O–H groups in total. The van der Waals surface area contributed by atoms with Crippen LogP contribution >= 0.6 is 0 Å². The van der Waals surface area contributed by atoms with Gasteiger partial charge in [-0.2, -0.15) is 5.26 Å². The number of carbonyl (C=O) groups is 1. The van der Waals surface area contributed by atoms with E-state index >= 15 is 0 Å². The molecular formula is C11H18N2O. The number of nitrogens with one attached hydrogen (secondary N) is 1. The molecule has 0 aliphatic heterocycles. The third kappa shape index (κ3) is 2.73. The minimum atomic E-state index is -0.669. The summed E-state index contributed by atoms with van der Waals surface area (Å²) < 4.78 is 0. The van der Waals surface area contributed by atoms with Crippen LogP contribution in [0, 0.1) is 22.2 Å². The standard InChI is InChI=1S/C11H18N2O/c1-10(2,3)6-7-13-9(14)11(8-12)4-5-11/h4-7H2,1-3H3,(H,13,14). The lowest BCUT2D eigenvalue weighted by Gasteiger charge is -2.18. The van der Waals surface area contributed by atoms with E-state index in [0.717, 1.165) is 19.3 Å². The van der Waals surface area contributed by atoms with Crippen molar-refractivity contribution in [2.24, 2.45) is 10.8 Å². The Morgan fingerprint density at radius 1 is 1.50 bits per heavy atom. The van der Waals surface area contributed by atoms with Gasteiger partial charge in [-0.3, -0.25) is 4.79 Å². The van der Waals surface area contributed by atoms with E-state index in [4.69, 9.17) is 5.26 Å². The van der Waals surface area contributed by atoms with Crippen molar-refractivity contribution in [3.63, 3.8) is 0 Å². The van der Waals surface area contributed by atoms with Gasteiger partial charge in [0.1, 0.15) is 5.41 Å². The summed E-state index contributed by atoms with van der Waals surface area (Å²) in [7, 11) is 0. The second kappa shape index (κ2) is 3.61. The summed E-state index contributed by atoms with van der Waals surface area (Å²) in [5.74, 6) is -0.0794. The topological polar surface area (TPSA) is 52.9 Å². The van der Waals surface area contributed by atoms with Crippen LogP contribution in [0.1, 0.15) is 40.0 Å². The van der Waals surface area contributed by atoms with E-state index in [1.54, 1.807) is 0 Å². The predicted octanol–water partition coefficient (Wildman–Crippen LogP) is 1.84. The minimum Gasteiger partial charge on any atom is -0.355 e. The van der Waals surface area contributed by atoms with E-state index in [1.165, 1.54) is 0 Å². The number of carbonyl (C=O) groups excluding carboxylic acids is 1. The highest BCUT2D eigenvalue weighted by Crippen LogP contribution is 2.44. The highest BCUT2D eigenvalue weighted by molar-refractivity contribution is 5.88. The molecule has 0 radical (unpaired) electrons. The van der Waals surface area contributed by atoms with Gasteiger partial charge in [-0.1, -0.05) is 20.8 Å². The van der Waals surface area contributed by atoms with Crippen LogP contribution in [0.15, 0.2) is 0 Å². The van der Waals surface area contributed by atoms with Crippen molar-refractivity contribution < 1.29 is 4.79 Å². The van der Waals surface area contributed by atoms with Crippen molar-refractivity contribution in [2.75, 3.05) is 6.54 Å². The summed E-state index contributed by atoms with van der Waals surface area (Å²) in [6, 6.07) is 2.09. The lowest BCUT2D eigenvalue weighted by atomic mass is 9.92. The van der Waals surface area contributed by atoms with Crippen LogP contribution in [0.5, 0.6) is 0 Å². The molecule has 1 amide bonds. The molecule has 78 valence electrons. The van der Waals surface area contributed by atoms with Crippen molar-refractivity contribution in [2.45, 2.75) is 40.0 Å². The van der Waals surface area contributed by atoms with E-state index < -0.39 is 5.41 Å². The van der Waals surface area contributed by atoms with Gasteiger partial charge >= 0.3 is 0 Å². The maximum Gasteiger partial charge on any atom is 0.240 e. The Morgan fingerprint density at radius 3 is 2.43 bits per heavy atom. The Hall–Kier alpha value is -1.04.